The van der Waals surface area contributed by atoms with E-state index < -0.39 is 34.1 Å². The summed E-state index contributed by atoms with van der Waals surface area (Å²) in [5.41, 5.74) is -1.18. The van der Waals surface area contributed by atoms with Crippen molar-refractivity contribution in [2.75, 3.05) is 32.3 Å². The van der Waals surface area contributed by atoms with E-state index in [4.69, 9.17) is 44.3 Å². The smallest absolute Gasteiger partial charge is 0.362 e. The third kappa shape index (κ3) is 6.97. The first-order valence-corrected chi connectivity index (χ1v) is 14.7. The minimum atomic E-state index is -4.00. The number of aromatic nitrogens is 1. The number of H-pyrrole nitrogens is 1. The fourth-order valence-corrected chi connectivity index (χ4v) is 6.42. The Hall–Kier alpha value is -3.36. The van der Waals surface area contributed by atoms with Crippen LogP contribution in [0.3, 0.4) is 0 Å². The molecule has 44 heavy (non-hydrogen) atoms. The molecule has 0 fully saturated rings. The number of hydrogen-bond donors (Lipinski definition) is 2. The number of methoxy groups -OCH3 is 2. The van der Waals surface area contributed by atoms with E-state index in [1.54, 1.807) is 19.2 Å². The SMILES string of the molecule is COCCCN(C=O)c1cc2c(cc1OC)CN(C(=O)c1c(Sc3c(Cl)ccc(C(=O)O)c3Cl)cc(C(F)(F)Cl)[nH]c1=O)C2. The number of benzene rings is 2. The molecule has 0 saturated heterocycles. The number of carbonyl (C=O) groups is 3. The van der Waals surface area contributed by atoms with E-state index in [1.807, 2.05) is 4.98 Å². The van der Waals surface area contributed by atoms with E-state index in [2.05, 4.69) is 0 Å². The Kier molecular flexibility index (Phi) is 10.5. The van der Waals surface area contributed by atoms with Crippen molar-refractivity contribution in [1.29, 1.82) is 0 Å². The predicted molar refractivity (Wildman–Crippen MR) is 161 cm³/mol. The predicted octanol–water partition coefficient (Wildman–Crippen LogP) is 5.98. The quantitative estimate of drug-likeness (QED) is 0.135. The Morgan fingerprint density at radius 1 is 1.18 bits per heavy atom. The maximum absolute atomic E-state index is 14.1. The number of carboxylic acid groups (broad SMARTS) is 1. The summed E-state index contributed by atoms with van der Waals surface area (Å²) >= 11 is 18.3. The molecule has 0 atom stereocenters. The van der Waals surface area contributed by atoms with Crippen molar-refractivity contribution in [3.63, 3.8) is 0 Å². The summed E-state index contributed by atoms with van der Waals surface area (Å²) in [6, 6.07) is 6.60. The number of anilines is 1. The van der Waals surface area contributed by atoms with Crippen LogP contribution < -0.4 is 15.2 Å². The number of ether oxygens (including phenoxy) is 2. The number of aromatic carboxylic acids is 1. The molecule has 0 saturated carbocycles. The summed E-state index contributed by atoms with van der Waals surface area (Å²) in [7, 11) is 2.99. The fraction of sp³-hybridized carbons (Fsp3) is 0.286. The molecule has 0 radical (unpaired) electrons. The Balaban J connectivity index is 1.75. The summed E-state index contributed by atoms with van der Waals surface area (Å²) in [6.07, 6.45) is 1.22. The van der Waals surface area contributed by atoms with Crippen LogP contribution in [0.5, 0.6) is 5.75 Å². The summed E-state index contributed by atoms with van der Waals surface area (Å²) in [6.45, 7) is 0.822. The van der Waals surface area contributed by atoms with Crippen molar-refractivity contribution < 1.29 is 37.7 Å². The summed E-state index contributed by atoms with van der Waals surface area (Å²) in [5.74, 6) is -1.81. The van der Waals surface area contributed by atoms with Gasteiger partial charge in [0.1, 0.15) is 17.0 Å². The van der Waals surface area contributed by atoms with Gasteiger partial charge < -0.3 is 29.4 Å². The summed E-state index contributed by atoms with van der Waals surface area (Å²) in [5, 5.41) is 5.11. The lowest BCUT2D eigenvalue weighted by molar-refractivity contribution is -0.107. The van der Waals surface area contributed by atoms with Crippen LogP contribution in [0.1, 0.15) is 44.0 Å². The van der Waals surface area contributed by atoms with Crippen LogP contribution in [-0.2, 0) is 28.0 Å². The van der Waals surface area contributed by atoms with Gasteiger partial charge in [-0.1, -0.05) is 35.0 Å². The largest absolute Gasteiger partial charge is 0.495 e. The molecule has 16 heteroatoms. The van der Waals surface area contributed by atoms with E-state index in [0.29, 0.717) is 60.3 Å². The maximum atomic E-state index is 14.1. The molecule has 0 aliphatic carbocycles. The number of fused-ring (bicyclic) bond motifs is 1. The lowest BCUT2D eigenvalue weighted by Gasteiger charge is -2.21. The van der Waals surface area contributed by atoms with Crippen LogP contribution in [0, 0.1) is 0 Å². The van der Waals surface area contributed by atoms with Gasteiger partial charge in [0.2, 0.25) is 6.41 Å². The average molecular weight is 691 g/mol. The number of nitrogens with zero attached hydrogens (tertiary/aromatic N) is 2. The minimum Gasteiger partial charge on any atom is -0.495 e. The molecule has 2 aromatic carbocycles. The lowest BCUT2D eigenvalue weighted by Crippen LogP contribution is -2.32. The van der Waals surface area contributed by atoms with Crippen molar-refractivity contribution in [2.24, 2.45) is 0 Å². The van der Waals surface area contributed by atoms with Crippen LogP contribution in [0.2, 0.25) is 10.0 Å². The Morgan fingerprint density at radius 2 is 1.86 bits per heavy atom. The number of carbonyl (C=O) groups excluding carboxylic acids is 2. The summed E-state index contributed by atoms with van der Waals surface area (Å²) < 4.78 is 38.8. The molecule has 0 bridgehead atoms. The van der Waals surface area contributed by atoms with E-state index in [-0.39, 0.29) is 38.5 Å². The molecule has 2 heterocycles. The number of rotatable bonds is 12. The topological polar surface area (TPSA) is 129 Å². The molecular weight excluding hydrogens is 667 g/mol. The number of aromatic amines is 1. The van der Waals surface area contributed by atoms with Crippen LogP contribution in [0.15, 0.2) is 44.9 Å². The molecule has 1 aliphatic heterocycles. The first-order chi connectivity index (χ1) is 20.8. The Bertz CT molecular complexity index is 1680. The van der Waals surface area contributed by atoms with Crippen LogP contribution >= 0.6 is 46.6 Å². The highest BCUT2D eigenvalue weighted by atomic mass is 35.5. The van der Waals surface area contributed by atoms with Crippen molar-refractivity contribution in [2.45, 2.75) is 34.7 Å². The van der Waals surface area contributed by atoms with E-state index in [1.165, 1.54) is 23.0 Å². The van der Waals surface area contributed by atoms with Gasteiger partial charge in [0, 0.05) is 38.2 Å². The van der Waals surface area contributed by atoms with Crippen molar-refractivity contribution in [3.05, 3.63) is 78.7 Å². The first-order valence-electron chi connectivity index (χ1n) is 12.7. The number of pyridine rings is 1. The molecule has 1 aromatic heterocycles. The van der Waals surface area contributed by atoms with Crippen LogP contribution in [0.4, 0.5) is 14.5 Å². The molecular formula is C28H24Cl3F2N3O7S. The maximum Gasteiger partial charge on any atom is 0.362 e. The van der Waals surface area contributed by atoms with E-state index in [0.717, 1.165) is 12.1 Å². The van der Waals surface area contributed by atoms with Gasteiger partial charge >= 0.3 is 11.4 Å². The van der Waals surface area contributed by atoms with Gasteiger partial charge in [-0.25, -0.2) is 4.79 Å². The summed E-state index contributed by atoms with van der Waals surface area (Å²) in [4.78, 5) is 54.9. The number of halogens is 5. The average Bonchev–Trinajstić information content (AvgIpc) is 3.39. The zero-order valence-electron chi connectivity index (χ0n) is 23.1. The highest BCUT2D eigenvalue weighted by Crippen LogP contribution is 2.43. The minimum absolute atomic E-state index is 0.0168. The van der Waals surface area contributed by atoms with Crippen molar-refractivity contribution >= 4 is 70.5 Å². The molecule has 10 nitrogen and oxygen atoms in total. The third-order valence-corrected chi connectivity index (χ3v) is 9.01. The highest BCUT2D eigenvalue weighted by molar-refractivity contribution is 7.99. The number of nitrogens with one attached hydrogen (secondary N) is 1. The van der Waals surface area contributed by atoms with Gasteiger partial charge in [-0.05, 0) is 59.5 Å². The first kappa shape index (κ1) is 33.5. The van der Waals surface area contributed by atoms with Crippen molar-refractivity contribution in [1.82, 2.24) is 9.88 Å². The second-order valence-corrected chi connectivity index (χ2v) is 11.8. The third-order valence-electron chi connectivity index (χ3n) is 6.70. The molecule has 3 aromatic rings. The second kappa shape index (κ2) is 13.7. The van der Waals surface area contributed by atoms with Gasteiger partial charge in [0.15, 0.2) is 0 Å². The Labute approximate surface area is 268 Å². The molecule has 0 spiro atoms. The molecule has 234 valence electrons. The van der Waals surface area contributed by atoms with Gasteiger partial charge in [0.05, 0.1) is 33.3 Å². The van der Waals surface area contributed by atoms with Gasteiger partial charge in [-0.3, -0.25) is 14.4 Å². The Morgan fingerprint density at radius 3 is 2.45 bits per heavy atom. The molecule has 1 aliphatic rings. The number of hydrogen-bond acceptors (Lipinski definition) is 7. The van der Waals surface area contributed by atoms with E-state index in [9.17, 15) is 33.1 Å². The normalized spacial score (nSPS) is 12.7. The molecule has 2 amide bonds. The molecule has 2 N–H and O–H groups in total. The van der Waals surface area contributed by atoms with Crippen molar-refractivity contribution in [3.8, 4) is 5.75 Å². The van der Waals surface area contributed by atoms with Gasteiger partial charge in [0.25, 0.3) is 11.5 Å². The number of carboxylic acids is 1. The lowest BCUT2D eigenvalue weighted by atomic mass is 10.1. The standard InChI is InChI=1S/C28H24Cl3F2N3O7S/c1-42-7-3-6-35(13-37)18-8-14-11-36(12-15(14)9-19(18)43-2)26(39)22-20(10-21(28(31,32)33)34-25(22)38)44-24-17(29)5-4-16(23(24)30)27(40)41/h4-5,8-10,13H,3,6-7,11-12H2,1-2H3,(H,34,38)(H,40,41). The zero-order chi connectivity index (χ0) is 32.3. The van der Waals surface area contributed by atoms with Crippen LogP contribution in [-0.4, -0.2) is 60.6 Å². The van der Waals surface area contributed by atoms with Gasteiger partial charge in [-0.2, -0.15) is 8.78 Å². The number of alkyl halides is 3. The molecule has 0 unspecified atom stereocenters. The zero-order valence-corrected chi connectivity index (χ0v) is 26.2. The highest BCUT2D eigenvalue weighted by Gasteiger charge is 2.35. The monoisotopic (exact) mass is 689 g/mol. The number of amides is 2. The van der Waals surface area contributed by atoms with Gasteiger partial charge in [-0.15, -0.1) is 0 Å². The fourth-order valence-electron chi connectivity index (χ4n) is 4.59. The second-order valence-electron chi connectivity index (χ2n) is 9.49. The van der Waals surface area contributed by atoms with E-state index >= 15 is 0 Å². The molecule has 4 rings (SSSR count). The van der Waals surface area contributed by atoms with Crippen LogP contribution in [0.25, 0.3) is 0 Å².